The summed E-state index contributed by atoms with van der Waals surface area (Å²) in [7, 11) is 0. The third-order valence-electron chi connectivity index (χ3n) is 6.23. The van der Waals surface area contributed by atoms with Crippen LogP contribution in [0.3, 0.4) is 0 Å². The highest BCUT2D eigenvalue weighted by atomic mass is 32.1. The third kappa shape index (κ3) is 3.77. The summed E-state index contributed by atoms with van der Waals surface area (Å²) in [6.45, 7) is 6.67. The molecule has 2 aromatic heterocycles. The molecule has 0 bridgehead atoms. The zero-order chi connectivity index (χ0) is 23.8. The Kier molecular flexibility index (Phi) is 5.91. The van der Waals surface area contributed by atoms with Gasteiger partial charge < -0.3 is 9.15 Å². The second kappa shape index (κ2) is 9.02. The maximum atomic E-state index is 13.8. The lowest BCUT2D eigenvalue weighted by atomic mass is 9.97. The van der Waals surface area contributed by atoms with E-state index in [0.717, 1.165) is 36.0 Å². The van der Waals surface area contributed by atoms with Crippen molar-refractivity contribution < 1.29 is 13.9 Å². The van der Waals surface area contributed by atoms with Gasteiger partial charge in [-0.3, -0.25) is 14.5 Å². The summed E-state index contributed by atoms with van der Waals surface area (Å²) in [5.74, 6) is 0.349. The number of aryl methyl sites for hydroxylation is 2. The lowest BCUT2D eigenvalue weighted by Crippen LogP contribution is -2.29. The smallest absolute Gasteiger partial charge is 0.297 e. The predicted octanol–water partition coefficient (Wildman–Crippen LogP) is 5.58. The molecule has 1 atom stereocenters. The van der Waals surface area contributed by atoms with Crippen LogP contribution in [0, 0.1) is 13.8 Å². The van der Waals surface area contributed by atoms with Gasteiger partial charge in [-0.2, -0.15) is 0 Å². The van der Waals surface area contributed by atoms with Crippen molar-refractivity contribution in [3.05, 3.63) is 80.1 Å². The fourth-order valence-electron chi connectivity index (χ4n) is 4.33. The first kappa shape index (κ1) is 22.3. The van der Waals surface area contributed by atoms with Gasteiger partial charge in [0.2, 0.25) is 10.9 Å². The SMILES string of the molecule is CCCCCOc1cccc(C2c3c(oc4cc(C)c(C)cc4c3=O)C(=O)N2c2nncs2)c1. The van der Waals surface area contributed by atoms with E-state index in [1.54, 1.807) is 5.51 Å². The summed E-state index contributed by atoms with van der Waals surface area (Å²) in [5.41, 5.74) is 4.82. The highest BCUT2D eigenvalue weighted by molar-refractivity contribution is 7.13. The summed E-state index contributed by atoms with van der Waals surface area (Å²) in [4.78, 5) is 28.8. The number of carbonyl (C=O) groups is 1. The zero-order valence-electron chi connectivity index (χ0n) is 19.3. The molecule has 0 saturated heterocycles. The van der Waals surface area contributed by atoms with E-state index in [-0.39, 0.29) is 11.2 Å². The van der Waals surface area contributed by atoms with E-state index in [1.807, 2.05) is 50.2 Å². The molecular weight excluding hydrogens is 450 g/mol. The fourth-order valence-corrected chi connectivity index (χ4v) is 4.91. The number of rotatable bonds is 7. The standard InChI is InChI=1S/C26H25N3O4S/c1-4-5-6-10-32-18-9-7-8-17(13-18)22-21-23(30)19-11-15(2)16(3)12-20(19)33-24(21)25(31)29(22)26-28-27-14-34-26/h7-9,11-14,22H,4-6,10H2,1-3H3. The molecule has 5 rings (SSSR count). The zero-order valence-corrected chi connectivity index (χ0v) is 20.1. The van der Waals surface area contributed by atoms with Crippen molar-refractivity contribution in [2.45, 2.75) is 46.1 Å². The Balaban J connectivity index is 1.67. The molecular formula is C26H25N3O4S. The first-order valence-corrected chi connectivity index (χ1v) is 12.3. The van der Waals surface area contributed by atoms with Crippen LogP contribution in [0.5, 0.6) is 5.75 Å². The van der Waals surface area contributed by atoms with E-state index < -0.39 is 11.9 Å². The molecule has 0 spiro atoms. The molecule has 1 amide bonds. The van der Waals surface area contributed by atoms with Crippen molar-refractivity contribution in [1.82, 2.24) is 10.2 Å². The minimum Gasteiger partial charge on any atom is -0.494 e. The monoisotopic (exact) mass is 475 g/mol. The number of unbranched alkanes of at least 4 members (excludes halogenated alkanes) is 2. The van der Waals surface area contributed by atoms with Gasteiger partial charge in [0, 0.05) is 0 Å². The number of aromatic nitrogens is 2. The maximum absolute atomic E-state index is 13.8. The van der Waals surface area contributed by atoms with Gasteiger partial charge in [-0.25, -0.2) is 0 Å². The molecule has 0 saturated carbocycles. The largest absolute Gasteiger partial charge is 0.494 e. The third-order valence-corrected chi connectivity index (χ3v) is 6.92. The Hall–Kier alpha value is -3.52. The summed E-state index contributed by atoms with van der Waals surface area (Å²) >= 11 is 1.24. The Morgan fingerprint density at radius 3 is 2.71 bits per heavy atom. The molecule has 0 aliphatic carbocycles. The molecule has 174 valence electrons. The van der Waals surface area contributed by atoms with E-state index in [2.05, 4.69) is 17.1 Å². The average molecular weight is 476 g/mol. The molecule has 7 nitrogen and oxygen atoms in total. The van der Waals surface area contributed by atoms with Gasteiger partial charge in [0.1, 0.15) is 16.8 Å². The molecule has 1 aliphatic rings. The number of hydrogen-bond acceptors (Lipinski definition) is 7. The number of anilines is 1. The molecule has 1 unspecified atom stereocenters. The second-order valence-electron chi connectivity index (χ2n) is 8.53. The lowest BCUT2D eigenvalue weighted by Gasteiger charge is -2.22. The van der Waals surface area contributed by atoms with Gasteiger partial charge in [-0.1, -0.05) is 43.2 Å². The molecule has 3 heterocycles. The van der Waals surface area contributed by atoms with Crippen molar-refractivity contribution in [2.24, 2.45) is 0 Å². The highest BCUT2D eigenvalue weighted by Gasteiger charge is 2.45. The fraction of sp³-hybridized carbons (Fsp3) is 0.308. The van der Waals surface area contributed by atoms with Crippen molar-refractivity contribution in [2.75, 3.05) is 11.5 Å². The second-order valence-corrected chi connectivity index (χ2v) is 9.35. The van der Waals surface area contributed by atoms with Crippen molar-refractivity contribution in [3.8, 4) is 5.75 Å². The molecule has 34 heavy (non-hydrogen) atoms. The topological polar surface area (TPSA) is 85.5 Å². The number of fused-ring (bicyclic) bond motifs is 2. The lowest BCUT2D eigenvalue weighted by molar-refractivity contribution is 0.0970. The molecule has 2 aromatic carbocycles. The number of amides is 1. The number of carbonyl (C=O) groups excluding carboxylic acids is 1. The molecule has 1 aliphatic heterocycles. The summed E-state index contributed by atoms with van der Waals surface area (Å²) in [5, 5.41) is 8.91. The Bertz CT molecular complexity index is 1430. The van der Waals surface area contributed by atoms with Gasteiger partial charge in [0.15, 0.2) is 5.43 Å². The number of benzene rings is 2. The van der Waals surface area contributed by atoms with Gasteiger partial charge >= 0.3 is 0 Å². The Morgan fingerprint density at radius 1 is 1.12 bits per heavy atom. The van der Waals surface area contributed by atoms with Crippen LogP contribution >= 0.6 is 11.3 Å². The Labute approximate surface area is 201 Å². The molecule has 8 heteroatoms. The minimum atomic E-state index is -0.683. The number of ether oxygens (including phenoxy) is 1. The molecule has 0 radical (unpaired) electrons. The molecule has 0 fully saturated rings. The molecule has 0 N–H and O–H groups in total. The highest BCUT2D eigenvalue weighted by Crippen LogP contribution is 2.42. The van der Waals surface area contributed by atoms with E-state index >= 15 is 0 Å². The van der Waals surface area contributed by atoms with E-state index in [1.165, 1.54) is 16.2 Å². The van der Waals surface area contributed by atoms with Crippen molar-refractivity contribution >= 4 is 33.3 Å². The predicted molar refractivity (Wildman–Crippen MR) is 132 cm³/mol. The van der Waals surface area contributed by atoms with Gasteiger partial charge in [0.05, 0.1) is 23.6 Å². The van der Waals surface area contributed by atoms with Gasteiger partial charge in [-0.15, -0.1) is 10.2 Å². The summed E-state index contributed by atoms with van der Waals surface area (Å²) in [6.07, 6.45) is 3.18. The van der Waals surface area contributed by atoms with Crippen LogP contribution in [0.4, 0.5) is 5.13 Å². The van der Waals surface area contributed by atoms with Crippen LogP contribution in [0.15, 0.2) is 51.1 Å². The van der Waals surface area contributed by atoms with Crippen molar-refractivity contribution in [1.29, 1.82) is 0 Å². The number of nitrogens with zero attached hydrogens (tertiary/aromatic N) is 3. The quantitative estimate of drug-likeness (QED) is 0.324. The molecule has 4 aromatic rings. The van der Waals surface area contributed by atoms with E-state index in [4.69, 9.17) is 9.15 Å². The van der Waals surface area contributed by atoms with Crippen LogP contribution in [0.25, 0.3) is 11.0 Å². The summed E-state index contributed by atoms with van der Waals surface area (Å²) < 4.78 is 12.0. The number of hydrogen-bond donors (Lipinski definition) is 0. The maximum Gasteiger partial charge on any atom is 0.297 e. The van der Waals surface area contributed by atoms with Crippen LogP contribution < -0.4 is 15.1 Å². The average Bonchev–Trinajstić information content (AvgIpc) is 3.45. The van der Waals surface area contributed by atoms with E-state index in [9.17, 15) is 9.59 Å². The van der Waals surface area contributed by atoms with E-state index in [0.29, 0.717) is 34.0 Å². The van der Waals surface area contributed by atoms with Crippen LogP contribution in [0.2, 0.25) is 0 Å². The first-order chi connectivity index (χ1) is 16.5. The van der Waals surface area contributed by atoms with Crippen LogP contribution in [0.1, 0.15) is 65.0 Å². The van der Waals surface area contributed by atoms with Gasteiger partial charge in [-0.05, 0) is 61.2 Å². The normalized spacial score (nSPS) is 15.2. The first-order valence-electron chi connectivity index (χ1n) is 11.4. The Morgan fingerprint density at radius 2 is 1.94 bits per heavy atom. The minimum absolute atomic E-state index is 0.0511. The van der Waals surface area contributed by atoms with Crippen LogP contribution in [-0.2, 0) is 0 Å². The van der Waals surface area contributed by atoms with Gasteiger partial charge in [0.25, 0.3) is 5.91 Å². The van der Waals surface area contributed by atoms with Crippen molar-refractivity contribution in [3.63, 3.8) is 0 Å². The summed E-state index contributed by atoms with van der Waals surface area (Å²) in [6, 6.07) is 10.5. The van der Waals surface area contributed by atoms with Crippen LogP contribution in [-0.4, -0.2) is 22.7 Å².